The Morgan fingerprint density at radius 1 is 0.905 bits per heavy atom. The molecule has 13 heteroatoms. The SMILES string of the molecule is Nc1nonc1NC(=O)CSCC(=O)Nc1nonc1N. The van der Waals surface area contributed by atoms with Gasteiger partial charge in [0.15, 0.2) is 0 Å². The minimum Gasteiger partial charge on any atom is -0.378 e. The van der Waals surface area contributed by atoms with Crippen LogP contribution in [0.2, 0.25) is 0 Å². The molecule has 0 fully saturated rings. The Balaban J connectivity index is 1.69. The number of nitrogens with zero attached hydrogens (tertiary/aromatic N) is 4. The van der Waals surface area contributed by atoms with Gasteiger partial charge in [-0.3, -0.25) is 9.59 Å². The molecule has 2 aromatic rings. The topological polar surface area (TPSA) is 188 Å². The van der Waals surface area contributed by atoms with Gasteiger partial charge in [0.25, 0.3) is 0 Å². The first-order valence-corrected chi connectivity index (χ1v) is 6.55. The van der Waals surface area contributed by atoms with Crippen molar-refractivity contribution in [3.8, 4) is 0 Å². The molecule has 0 atom stereocenters. The smallest absolute Gasteiger partial charge is 0.235 e. The number of carbonyl (C=O) groups excluding carboxylic acids is 2. The molecule has 0 aliphatic carbocycles. The van der Waals surface area contributed by atoms with Gasteiger partial charge in [0.05, 0.1) is 11.5 Å². The van der Waals surface area contributed by atoms with Crippen LogP contribution in [0.5, 0.6) is 0 Å². The lowest BCUT2D eigenvalue weighted by Gasteiger charge is -2.02. The molecule has 0 aliphatic heterocycles. The third-order valence-corrected chi connectivity index (χ3v) is 2.94. The van der Waals surface area contributed by atoms with Gasteiger partial charge in [-0.2, -0.15) is 0 Å². The van der Waals surface area contributed by atoms with E-state index in [9.17, 15) is 9.59 Å². The van der Waals surface area contributed by atoms with Crippen LogP contribution < -0.4 is 22.1 Å². The van der Waals surface area contributed by atoms with Crippen molar-refractivity contribution in [1.29, 1.82) is 0 Å². The molecule has 0 radical (unpaired) electrons. The molecule has 2 amide bonds. The molecule has 0 unspecified atom stereocenters. The van der Waals surface area contributed by atoms with Crippen LogP contribution in [0.25, 0.3) is 0 Å². The standard InChI is InChI=1S/C8H10N8O4S/c9-5-7(15-19-13-5)11-3(17)1-21-2-4(18)12-8-6(10)14-20-16-8/h1-2H2,(H2,9,13)(H2,10,14)(H,11,15,17)(H,12,16,18). The largest absolute Gasteiger partial charge is 0.378 e. The van der Waals surface area contributed by atoms with Gasteiger partial charge in [-0.25, -0.2) is 9.26 Å². The van der Waals surface area contributed by atoms with Gasteiger partial charge < -0.3 is 22.1 Å². The number of nitrogens with one attached hydrogen (secondary N) is 2. The van der Waals surface area contributed by atoms with Gasteiger partial charge in [-0.1, -0.05) is 0 Å². The second-order valence-corrected chi connectivity index (χ2v) is 4.57. The molecule has 12 nitrogen and oxygen atoms in total. The summed E-state index contributed by atoms with van der Waals surface area (Å²) in [7, 11) is 0. The molecular weight excluding hydrogens is 304 g/mol. The average Bonchev–Trinajstić information content (AvgIpc) is 3.00. The summed E-state index contributed by atoms with van der Waals surface area (Å²) in [5, 5.41) is 18.1. The zero-order chi connectivity index (χ0) is 15.2. The number of rotatable bonds is 6. The summed E-state index contributed by atoms with van der Waals surface area (Å²) in [4.78, 5) is 23.1. The molecular formula is C8H10N8O4S. The molecule has 0 aromatic carbocycles. The van der Waals surface area contributed by atoms with E-state index in [0.29, 0.717) is 0 Å². The van der Waals surface area contributed by atoms with Gasteiger partial charge >= 0.3 is 0 Å². The van der Waals surface area contributed by atoms with Crippen molar-refractivity contribution in [1.82, 2.24) is 20.6 Å². The highest BCUT2D eigenvalue weighted by atomic mass is 32.2. The van der Waals surface area contributed by atoms with Gasteiger partial charge in [-0.15, -0.1) is 11.8 Å². The molecule has 0 aliphatic rings. The molecule has 112 valence electrons. The fourth-order valence-corrected chi connectivity index (χ4v) is 1.75. The van der Waals surface area contributed by atoms with Crippen molar-refractivity contribution in [3.63, 3.8) is 0 Å². The number of hydrogen-bond acceptors (Lipinski definition) is 11. The van der Waals surface area contributed by atoms with Crippen molar-refractivity contribution in [3.05, 3.63) is 0 Å². The molecule has 2 aromatic heterocycles. The normalized spacial score (nSPS) is 10.3. The molecule has 0 bridgehead atoms. The second-order valence-electron chi connectivity index (χ2n) is 3.59. The van der Waals surface area contributed by atoms with Crippen LogP contribution in [-0.2, 0) is 9.59 Å². The minimum absolute atomic E-state index is 0.00622. The summed E-state index contributed by atoms with van der Waals surface area (Å²) < 4.78 is 8.63. The number of aromatic nitrogens is 4. The fourth-order valence-electron chi connectivity index (χ4n) is 1.14. The van der Waals surface area contributed by atoms with Crippen molar-refractivity contribution in [2.45, 2.75) is 0 Å². The summed E-state index contributed by atoms with van der Waals surface area (Å²) in [6.45, 7) is 0. The van der Waals surface area contributed by atoms with E-state index in [0.717, 1.165) is 11.8 Å². The predicted molar refractivity (Wildman–Crippen MR) is 72.0 cm³/mol. The van der Waals surface area contributed by atoms with Crippen LogP contribution in [0.3, 0.4) is 0 Å². The Labute approximate surface area is 120 Å². The first-order valence-electron chi connectivity index (χ1n) is 5.39. The Kier molecular flexibility index (Phi) is 4.55. The summed E-state index contributed by atoms with van der Waals surface area (Å²) >= 11 is 1.06. The highest BCUT2D eigenvalue weighted by molar-refractivity contribution is 8.00. The van der Waals surface area contributed by atoms with Gasteiger partial charge in [0.1, 0.15) is 0 Å². The third-order valence-electron chi connectivity index (χ3n) is 2.01. The number of hydrogen-bond donors (Lipinski definition) is 4. The number of thioether (sulfide) groups is 1. The summed E-state index contributed by atoms with van der Waals surface area (Å²) in [6.07, 6.45) is 0. The van der Waals surface area contributed by atoms with Crippen molar-refractivity contribution < 1.29 is 18.8 Å². The van der Waals surface area contributed by atoms with Crippen molar-refractivity contribution in [2.24, 2.45) is 0 Å². The van der Waals surface area contributed by atoms with Gasteiger partial charge in [-0.05, 0) is 20.6 Å². The minimum atomic E-state index is -0.405. The third kappa shape index (κ3) is 4.07. The highest BCUT2D eigenvalue weighted by Gasteiger charge is 2.13. The van der Waals surface area contributed by atoms with Crippen LogP contribution in [0.4, 0.5) is 23.3 Å². The number of amides is 2. The van der Waals surface area contributed by atoms with E-state index in [1.807, 2.05) is 0 Å². The van der Waals surface area contributed by atoms with E-state index in [2.05, 4.69) is 40.5 Å². The fraction of sp³-hybridized carbons (Fsp3) is 0.250. The lowest BCUT2D eigenvalue weighted by molar-refractivity contribution is -0.114. The quantitative estimate of drug-likeness (QED) is 0.507. The lowest BCUT2D eigenvalue weighted by atomic mass is 10.6. The van der Waals surface area contributed by atoms with E-state index < -0.39 is 11.8 Å². The van der Waals surface area contributed by atoms with E-state index >= 15 is 0 Å². The molecule has 0 saturated heterocycles. The Hall–Kier alpha value is -2.83. The Morgan fingerprint density at radius 3 is 1.67 bits per heavy atom. The summed E-state index contributed by atoms with van der Waals surface area (Å²) in [5.41, 5.74) is 10.7. The van der Waals surface area contributed by atoms with Crippen LogP contribution in [0, 0.1) is 0 Å². The highest BCUT2D eigenvalue weighted by Crippen LogP contribution is 2.13. The molecule has 6 N–H and O–H groups in total. The van der Waals surface area contributed by atoms with E-state index in [1.165, 1.54) is 0 Å². The van der Waals surface area contributed by atoms with Crippen molar-refractivity contribution >= 4 is 46.8 Å². The number of nitrogen functional groups attached to an aromatic ring is 2. The summed E-state index contributed by atoms with van der Waals surface area (Å²) in [6, 6.07) is 0. The van der Waals surface area contributed by atoms with E-state index in [-0.39, 0.29) is 34.8 Å². The molecule has 0 saturated carbocycles. The van der Waals surface area contributed by atoms with Crippen LogP contribution >= 0.6 is 11.8 Å². The van der Waals surface area contributed by atoms with Crippen LogP contribution in [0.1, 0.15) is 0 Å². The maximum Gasteiger partial charge on any atom is 0.235 e. The first kappa shape index (κ1) is 14.6. The lowest BCUT2D eigenvalue weighted by Crippen LogP contribution is -2.19. The number of anilines is 4. The molecule has 2 heterocycles. The van der Waals surface area contributed by atoms with Gasteiger partial charge in [0, 0.05) is 0 Å². The maximum absolute atomic E-state index is 11.5. The van der Waals surface area contributed by atoms with E-state index in [1.54, 1.807) is 0 Å². The van der Waals surface area contributed by atoms with Crippen molar-refractivity contribution in [2.75, 3.05) is 33.6 Å². The zero-order valence-corrected chi connectivity index (χ0v) is 11.2. The van der Waals surface area contributed by atoms with Gasteiger partial charge in [0.2, 0.25) is 35.1 Å². The summed E-state index contributed by atoms with van der Waals surface area (Å²) in [5.74, 6) is -0.785. The maximum atomic E-state index is 11.5. The Bertz CT molecular complexity index is 586. The predicted octanol–water partition coefficient (Wildman–Crippen LogP) is -1.07. The van der Waals surface area contributed by atoms with Crippen LogP contribution in [-0.4, -0.2) is 43.9 Å². The number of nitrogens with two attached hydrogens (primary N) is 2. The van der Waals surface area contributed by atoms with E-state index in [4.69, 9.17) is 11.5 Å². The molecule has 21 heavy (non-hydrogen) atoms. The monoisotopic (exact) mass is 314 g/mol. The second kappa shape index (κ2) is 6.56. The number of carbonyl (C=O) groups is 2. The van der Waals surface area contributed by atoms with Crippen LogP contribution in [0.15, 0.2) is 9.26 Å². The Morgan fingerprint density at radius 2 is 1.33 bits per heavy atom. The first-order chi connectivity index (χ1) is 10.1. The zero-order valence-electron chi connectivity index (χ0n) is 10.4. The molecule has 2 rings (SSSR count). The average molecular weight is 314 g/mol. The molecule has 0 spiro atoms.